The molecule has 0 bridgehead atoms. The van der Waals surface area contributed by atoms with Gasteiger partial charge in [-0.15, -0.1) is 0 Å². The highest BCUT2D eigenvalue weighted by atomic mass is 29.2. The highest BCUT2D eigenvalue weighted by molar-refractivity contribution is 7.00. The van der Waals surface area contributed by atoms with Gasteiger partial charge < -0.3 is 9.96 Å². The second-order valence-electron chi connectivity index (χ2n) is 3.36. The van der Waals surface area contributed by atoms with Crippen molar-refractivity contribution in [1.82, 2.24) is 9.96 Å². The van der Waals surface area contributed by atoms with E-state index < -0.39 is 8.64 Å². The van der Waals surface area contributed by atoms with Crippen molar-refractivity contribution in [2.45, 2.75) is 39.8 Å². The van der Waals surface area contributed by atoms with Gasteiger partial charge in [-0.1, -0.05) is 27.7 Å². The maximum absolute atomic E-state index is 3.56. The van der Waals surface area contributed by atoms with Gasteiger partial charge in [0, 0.05) is 9.76 Å². The molecule has 62 valence electrons. The Labute approximate surface area is 68.8 Å². The van der Waals surface area contributed by atoms with E-state index in [1.165, 1.54) is 9.76 Å². The van der Waals surface area contributed by atoms with Gasteiger partial charge in [-0.25, -0.2) is 0 Å². The molecule has 0 aliphatic carbocycles. The molecular formula is C6H20N2Si2. The topological polar surface area (TPSA) is 24.1 Å². The molecule has 0 spiro atoms. The maximum Gasteiger partial charge on any atom is 0.159 e. The number of hydrogen-bond donors (Lipinski definition) is 2. The van der Waals surface area contributed by atoms with Crippen molar-refractivity contribution < 1.29 is 0 Å². The molecule has 0 atom stereocenters. The summed E-state index contributed by atoms with van der Waals surface area (Å²) in [5, 5.41) is 0. The lowest BCUT2D eigenvalue weighted by Gasteiger charge is -2.19. The summed E-state index contributed by atoms with van der Waals surface area (Å²) in [6.45, 7) is 8.83. The number of rotatable bonds is 4. The van der Waals surface area contributed by atoms with Gasteiger partial charge in [0.1, 0.15) is 0 Å². The molecule has 0 aromatic carbocycles. The van der Waals surface area contributed by atoms with Gasteiger partial charge >= 0.3 is 0 Å². The molecule has 0 aliphatic rings. The quantitative estimate of drug-likeness (QED) is 0.541. The zero-order valence-electron chi connectivity index (χ0n) is 7.73. The minimum absolute atomic E-state index is 0.653. The van der Waals surface area contributed by atoms with Crippen LogP contribution in [0, 0.1) is 0 Å². The Balaban J connectivity index is 3.34. The molecule has 2 N–H and O–H groups in total. The van der Waals surface area contributed by atoms with Crippen LogP contribution in [0.2, 0.25) is 0 Å². The summed E-state index contributed by atoms with van der Waals surface area (Å²) in [5.41, 5.74) is 0. The molecule has 0 saturated heterocycles. The summed E-state index contributed by atoms with van der Waals surface area (Å²) < 4.78 is 0. The van der Waals surface area contributed by atoms with Crippen molar-refractivity contribution in [3.05, 3.63) is 0 Å². The van der Waals surface area contributed by atoms with Gasteiger partial charge in [0.05, 0.1) is 0 Å². The van der Waals surface area contributed by atoms with Crippen LogP contribution < -0.4 is 9.96 Å². The third kappa shape index (κ3) is 6.47. The molecule has 0 saturated carbocycles. The summed E-state index contributed by atoms with van der Waals surface area (Å²) in [6.07, 6.45) is 0. The van der Waals surface area contributed by atoms with Gasteiger partial charge in [0.15, 0.2) is 8.64 Å². The van der Waals surface area contributed by atoms with Gasteiger partial charge in [-0.2, -0.15) is 0 Å². The summed E-state index contributed by atoms with van der Waals surface area (Å²) in [4.78, 5) is 7.13. The Bertz CT molecular complexity index is 75.8. The van der Waals surface area contributed by atoms with Crippen LogP contribution in [0.4, 0.5) is 0 Å². The van der Waals surface area contributed by atoms with Crippen molar-refractivity contribution in [2.24, 2.45) is 0 Å². The third-order valence-electron chi connectivity index (χ3n) is 1.17. The fourth-order valence-electron chi connectivity index (χ4n) is 1.05. The Kier molecular flexibility index (Phi) is 5.24. The average Bonchev–Trinajstić information content (AvgIpc) is 1.58. The summed E-state index contributed by atoms with van der Waals surface area (Å²) in [6, 6.07) is 1.31. The molecule has 0 aromatic heterocycles. The van der Waals surface area contributed by atoms with Gasteiger partial charge in [0.2, 0.25) is 0 Å². The first-order valence-corrected chi connectivity index (χ1v) is 9.81. The zero-order chi connectivity index (χ0) is 8.15. The van der Waals surface area contributed by atoms with E-state index >= 15 is 0 Å². The molecule has 0 fully saturated rings. The molecule has 2 nitrogen and oxygen atoms in total. The van der Waals surface area contributed by atoms with Crippen LogP contribution in [0.15, 0.2) is 0 Å². The van der Waals surface area contributed by atoms with Crippen LogP contribution in [0.3, 0.4) is 0 Å². The second kappa shape index (κ2) is 5.06. The first kappa shape index (κ1) is 10.4. The van der Waals surface area contributed by atoms with E-state index in [0.29, 0.717) is 12.1 Å². The number of hydrogen-bond acceptors (Lipinski definition) is 2. The molecule has 10 heavy (non-hydrogen) atoms. The first-order chi connectivity index (χ1) is 4.52. The highest BCUT2D eigenvalue weighted by Crippen LogP contribution is 1.79. The van der Waals surface area contributed by atoms with E-state index in [0.717, 1.165) is 0 Å². The molecule has 0 rings (SSSR count). The molecule has 0 unspecified atom stereocenters. The SMILES string of the molecule is CC(C)N[SiH]([SiH3])NC(C)C. The Morgan fingerprint density at radius 2 is 1.30 bits per heavy atom. The standard InChI is InChI=1S/C6H20N2Si2/c1-5(2)7-10(9)8-6(3)4/h5-8,10H,1-4,9H3. The fourth-order valence-corrected chi connectivity index (χ4v) is 7.14. The van der Waals surface area contributed by atoms with Gasteiger partial charge in [-0.05, 0) is 12.1 Å². The van der Waals surface area contributed by atoms with Gasteiger partial charge in [-0.3, -0.25) is 0 Å². The Morgan fingerprint density at radius 1 is 1.00 bits per heavy atom. The van der Waals surface area contributed by atoms with Crippen molar-refractivity contribution >= 4 is 18.4 Å². The van der Waals surface area contributed by atoms with Crippen LogP contribution in [0.5, 0.6) is 0 Å². The Hall–Kier alpha value is 0.354. The lowest BCUT2D eigenvalue weighted by molar-refractivity contribution is 0.693. The Morgan fingerprint density at radius 3 is 1.50 bits per heavy atom. The van der Waals surface area contributed by atoms with Crippen LogP contribution in [-0.4, -0.2) is 30.5 Å². The maximum atomic E-state index is 3.56. The number of nitrogens with one attached hydrogen (secondary N) is 2. The first-order valence-electron chi connectivity index (χ1n) is 4.04. The molecule has 0 aromatic rings. The van der Waals surface area contributed by atoms with Crippen molar-refractivity contribution in [2.75, 3.05) is 0 Å². The van der Waals surface area contributed by atoms with E-state index in [4.69, 9.17) is 0 Å². The third-order valence-corrected chi connectivity index (χ3v) is 5.50. The predicted molar refractivity (Wildman–Crippen MR) is 53.6 cm³/mol. The minimum atomic E-state index is -0.679. The zero-order valence-corrected chi connectivity index (χ0v) is 10.9. The van der Waals surface area contributed by atoms with Crippen LogP contribution in [0.1, 0.15) is 27.7 Å². The van der Waals surface area contributed by atoms with E-state index in [2.05, 4.69) is 37.7 Å². The molecule has 0 radical (unpaired) electrons. The molecule has 4 heteroatoms. The second-order valence-corrected chi connectivity index (χ2v) is 8.94. The fraction of sp³-hybridized carbons (Fsp3) is 1.00. The summed E-state index contributed by atoms with van der Waals surface area (Å²) >= 11 is 0. The highest BCUT2D eigenvalue weighted by Gasteiger charge is 2.04. The van der Waals surface area contributed by atoms with Crippen molar-refractivity contribution in [1.29, 1.82) is 0 Å². The van der Waals surface area contributed by atoms with Crippen LogP contribution in [0.25, 0.3) is 0 Å². The molecule has 0 heterocycles. The van der Waals surface area contributed by atoms with E-state index in [9.17, 15) is 0 Å². The smallest absolute Gasteiger partial charge is 0.159 e. The van der Waals surface area contributed by atoms with E-state index in [-0.39, 0.29) is 0 Å². The monoisotopic (exact) mass is 176 g/mol. The molecule has 0 amide bonds. The lowest BCUT2D eigenvalue weighted by atomic mass is 10.4. The van der Waals surface area contributed by atoms with Crippen molar-refractivity contribution in [3.8, 4) is 0 Å². The van der Waals surface area contributed by atoms with E-state index in [1.807, 2.05) is 0 Å². The van der Waals surface area contributed by atoms with Gasteiger partial charge in [0.25, 0.3) is 0 Å². The van der Waals surface area contributed by atoms with Crippen LogP contribution >= 0.6 is 0 Å². The normalized spacial score (nSPS) is 12.3. The van der Waals surface area contributed by atoms with E-state index in [1.54, 1.807) is 0 Å². The lowest BCUT2D eigenvalue weighted by Crippen LogP contribution is -2.53. The van der Waals surface area contributed by atoms with Crippen LogP contribution in [-0.2, 0) is 0 Å². The minimum Gasteiger partial charge on any atom is -0.328 e. The summed E-state index contributed by atoms with van der Waals surface area (Å²) in [5.74, 6) is 0. The predicted octanol–water partition coefficient (Wildman–Crippen LogP) is -0.935. The average molecular weight is 176 g/mol. The van der Waals surface area contributed by atoms with Crippen molar-refractivity contribution in [3.63, 3.8) is 0 Å². The molecular weight excluding hydrogens is 156 g/mol. The summed E-state index contributed by atoms with van der Waals surface area (Å²) in [7, 11) is 0.623. The molecule has 0 aliphatic heterocycles. The largest absolute Gasteiger partial charge is 0.328 e.